The lowest BCUT2D eigenvalue weighted by Crippen LogP contribution is -2.25. The molecule has 0 unspecified atom stereocenters. The zero-order chi connectivity index (χ0) is 12.3. The molecule has 0 aliphatic rings. The Morgan fingerprint density at radius 3 is 2.56 bits per heavy atom. The van der Waals surface area contributed by atoms with E-state index < -0.39 is 5.60 Å². The number of benzene rings is 1. The molecule has 2 nitrogen and oxygen atoms in total. The van der Waals surface area contributed by atoms with Crippen LogP contribution in [0.25, 0.3) is 0 Å². The molecule has 0 aliphatic heterocycles. The fraction of sp³-hybridized carbons (Fsp3) is 0.417. The molecule has 0 fully saturated rings. The molecule has 1 rings (SSSR count). The van der Waals surface area contributed by atoms with Gasteiger partial charge in [0.1, 0.15) is 5.60 Å². The summed E-state index contributed by atoms with van der Waals surface area (Å²) < 4.78 is 6.30. The van der Waals surface area contributed by atoms with Crippen molar-refractivity contribution in [2.45, 2.75) is 31.7 Å². The second kappa shape index (κ2) is 5.49. The molecule has 0 saturated carbocycles. The summed E-state index contributed by atoms with van der Waals surface area (Å²) >= 11 is 5.53. The highest BCUT2D eigenvalue weighted by atomic mass is 127. The van der Waals surface area contributed by atoms with E-state index in [9.17, 15) is 4.79 Å². The van der Waals surface area contributed by atoms with Gasteiger partial charge in [-0.25, -0.2) is 4.79 Å². The maximum atomic E-state index is 12.0. The van der Waals surface area contributed by atoms with Crippen LogP contribution in [0.1, 0.15) is 36.7 Å². The quantitative estimate of drug-likeness (QED) is 0.426. The number of hydrogen-bond donors (Lipinski definition) is 0. The lowest BCUT2D eigenvalue weighted by atomic mass is 10.1. The largest absolute Gasteiger partial charge is 0.456 e. The van der Waals surface area contributed by atoms with Gasteiger partial charge in [-0.2, -0.15) is 0 Å². The first-order valence-electron chi connectivity index (χ1n) is 4.92. The van der Waals surface area contributed by atoms with Gasteiger partial charge in [0, 0.05) is 8.90 Å². The average molecular weight is 397 g/mol. The van der Waals surface area contributed by atoms with E-state index in [1.165, 1.54) is 0 Å². The smallest absolute Gasteiger partial charge is 0.340 e. The van der Waals surface area contributed by atoms with E-state index in [1.807, 2.05) is 39.0 Å². The second-order valence-electron chi connectivity index (χ2n) is 4.41. The molecule has 0 radical (unpaired) electrons. The van der Waals surface area contributed by atoms with Crippen LogP contribution >= 0.6 is 38.5 Å². The van der Waals surface area contributed by atoms with Crippen LogP contribution < -0.4 is 0 Å². The minimum Gasteiger partial charge on any atom is -0.456 e. The van der Waals surface area contributed by atoms with Crippen molar-refractivity contribution in [3.05, 3.63) is 32.9 Å². The minimum atomic E-state index is -0.459. The number of carbonyl (C=O) groups is 1. The third-order valence-electron chi connectivity index (χ3n) is 1.85. The van der Waals surface area contributed by atoms with Crippen LogP contribution in [0.3, 0.4) is 0 Å². The molecule has 0 aliphatic carbocycles. The molecule has 4 heteroatoms. The van der Waals surface area contributed by atoms with Crippen LogP contribution in [-0.4, -0.2) is 11.6 Å². The molecule has 0 atom stereocenters. The van der Waals surface area contributed by atoms with E-state index in [0.717, 1.165) is 9.13 Å². The monoisotopic (exact) mass is 396 g/mol. The summed E-state index contributed by atoms with van der Waals surface area (Å²) in [6, 6.07) is 5.77. The van der Waals surface area contributed by atoms with Gasteiger partial charge in [-0.1, -0.05) is 28.1 Å². The van der Waals surface area contributed by atoms with Crippen molar-refractivity contribution in [2.24, 2.45) is 0 Å². The van der Waals surface area contributed by atoms with Crippen molar-refractivity contribution in [1.82, 2.24) is 0 Å². The Morgan fingerprint density at radius 2 is 2.06 bits per heavy atom. The number of esters is 1. The van der Waals surface area contributed by atoms with Crippen LogP contribution in [0.4, 0.5) is 0 Å². The lowest BCUT2D eigenvalue weighted by molar-refractivity contribution is 0.00675. The van der Waals surface area contributed by atoms with Crippen LogP contribution in [0.5, 0.6) is 0 Å². The summed E-state index contributed by atoms with van der Waals surface area (Å²) in [5.41, 5.74) is 1.16. The number of carbonyl (C=O) groups excluding carboxylic acids is 1. The first-order chi connectivity index (χ1) is 7.35. The molecule has 1 aromatic rings. The van der Waals surface area contributed by atoms with E-state index >= 15 is 0 Å². The molecule has 0 bridgehead atoms. The SMILES string of the molecule is CC(C)(C)OC(=O)c1c(I)cccc1CBr. The van der Waals surface area contributed by atoms with Gasteiger partial charge in [0.25, 0.3) is 0 Å². The Balaban J connectivity index is 3.08. The maximum Gasteiger partial charge on any atom is 0.340 e. The van der Waals surface area contributed by atoms with Crippen LogP contribution in [0.15, 0.2) is 18.2 Å². The molecule has 16 heavy (non-hydrogen) atoms. The van der Waals surface area contributed by atoms with Gasteiger partial charge in [-0.15, -0.1) is 0 Å². The third kappa shape index (κ3) is 3.73. The molecular formula is C12H14BrIO2. The number of rotatable bonds is 2. The van der Waals surface area contributed by atoms with Crippen molar-refractivity contribution in [3.63, 3.8) is 0 Å². The molecular weight excluding hydrogens is 383 g/mol. The highest BCUT2D eigenvalue weighted by Crippen LogP contribution is 2.22. The van der Waals surface area contributed by atoms with Gasteiger partial charge in [0.15, 0.2) is 0 Å². The number of hydrogen-bond acceptors (Lipinski definition) is 2. The maximum absolute atomic E-state index is 12.0. The van der Waals surface area contributed by atoms with Gasteiger partial charge in [0.05, 0.1) is 5.56 Å². The summed E-state index contributed by atoms with van der Waals surface area (Å²) in [5, 5.41) is 0.651. The van der Waals surface area contributed by atoms with Crippen molar-refractivity contribution < 1.29 is 9.53 Å². The van der Waals surface area contributed by atoms with E-state index in [2.05, 4.69) is 38.5 Å². The number of ether oxygens (including phenoxy) is 1. The Kier molecular flexibility index (Phi) is 4.79. The fourth-order valence-electron chi connectivity index (χ4n) is 1.24. The van der Waals surface area contributed by atoms with Crippen molar-refractivity contribution in [2.75, 3.05) is 0 Å². The molecule has 88 valence electrons. The van der Waals surface area contributed by atoms with Gasteiger partial charge >= 0.3 is 5.97 Å². The Bertz CT molecular complexity index is 396. The Morgan fingerprint density at radius 1 is 1.44 bits per heavy atom. The molecule has 0 amide bonds. The van der Waals surface area contributed by atoms with Gasteiger partial charge in [-0.05, 0) is 55.0 Å². The Labute approximate surface area is 118 Å². The summed E-state index contributed by atoms with van der Waals surface area (Å²) in [4.78, 5) is 12.0. The van der Waals surface area contributed by atoms with E-state index in [1.54, 1.807) is 0 Å². The summed E-state index contributed by atoms with van der Waals surface area (Å²) in [6.45, 7) is 5.61. The zero-order valence-corrected chi connectivity index (χ0v) is 13.3. The highest BCUT2D eigenvalue weighted by Gasteiger charge is 2.21. The van der Waals surface area contributed by atoms with Crippen molar-refractivity contribution >= 4 is 44.5 Å². The highest BCUT2D eigenvalue weighted by molar-refractivity contribution is 14.1. The van der Waals surface area contributed by atoms with Crippen molar-refractivity contribution in [3.8, 4) is 0 Å². The molecule has 0 N–H and O–H groups in total. The first kappa shape index (κ1) is 14.0. The minimum absolute atomic E-state index is 0.257. The van der Waals surface area contributed by atoms with Crippen LogP contribution in [0.2, 0.25) is 0 Å². The van der Waals surface area contributed by atoms with Gasteiger partial charge < -0.3 is 4.74 Å². The fourth-order valence-corrected chi connectivity index (χ4v) is 2.48. The zero-order valence-electron chi connectivity index (χ0n) is 9.51. The van der Waals surface area contributed by atoms with Crippen LogP contribution in [-0.2, 0) is 10.1 Å². The first-order valence-corrected chi connectivity index (χ1v) is 7.12. The summed E-state index contributed by atoms with van der Waals surface area (Å²) in [7, 11) is 0. The van der Waals surface area contributed by atoms with Gasteiger partial charge in [-0.3, -0.25) is 0 Å². The average Bonchev–Trinajstić information content (AvgIpc) is 2.14. The second-order valence-corrected chi connectivity index (χ2v) is 6.13. The molecule has 0 spiro atoms. The number of halogens is 2. The van der Waals surface area contributed by atoms with E-state index in [0.29, 0.717) is 10.9 Å². The van der Waals surface area contributed by atoms with Gasteiger partial charge in [0.2, 0.25) is 0 Å². The lowest BCUT2D eigenvalue weighted by Gasteiger charge is -2.20. The number of alkyl halides is 1. The summed E-state index contributed by atoms with van der Waals surface area (Å²) in [5.74, 6) is -0.257. The third-order valence-corrected chi connectivity index (χ3v) is 3.35. The van der Waals surface area contributed by atoms with Crippen molar-refractivity contribution in [1.29, 1.82) is 0 Å². The summed E-state index contributed by atoms with van der Waals surface area (Å²) in [6.07, 6.45) is 0. The predicted molar refractivity (Wildman–Crippen MR) is 77.0 cm³/mol. The van der Waals surface area contributed by atoms with E-state index in [4.69, 9.17) is 4.74 Å². The molecule has 0 aromatic heterocycles. The Hall–Kier alpha value is -0.100. The van der Waals surface area contributed by atoms with E-state index in [-0.39, 0.29) is 5.97 Å². The normalized spacial score (nSPS) is 11.3. The molecule has 0 saturated heterocycles. The predicted octanol–water partition coefficient (Wildman–Crippen LogP) is 4.14. The molecule has 1 aromatic carbocycles. The topological polar surface area (TPSA) is 26.3 Å². The van der Waals surface area contributed by atoms with Crippen LogP contribution in [0, 0.1) is 3.57 Å². The standard InChI is InChI=1S/C12H14BrIO2/c1-12(2,3)16-11(15)10-8(7-13)5-4-6-9(10)14/h4-6H,7H2,1-3H3. The molecule has 0 heterocycles.